The van der Waals surface area contributed by atoms with Gasteiger partial charge in [0.15, 0.2) is 5.96 Å². The zero-order valence-corrected chi connectivity index (χ0v) is 20.3. The number of aliphatic imine (C=N–C) groups is 1. The number of likely N-dealkylation sites (tertiary alicyclic amines) is 1. The van der Waals surface area contributed by atoms with E-state index < -0.39 is 0 Å². The van der Waals surface area contributed by atoms with Crippen molar-refractivity contribution in [1.82, 2.24) is 20.1 Å². The molecule has 2 atom stereocenters. The van der Waals surface area contributed by atoms with Gasteiger partial charge in [-0.3, -0.25) is 14.7 Å². The Bertz CT molecular complexity index is 839. The van der Waals surface area contributed by atoms with E-state index in [-0.39, 0.29) is 29.5 Å². The Hall–Kier alpha value is -1.87. The molecule has 0 saturated carbocycles. The lowest BCUT2D eigenvalue weighted by Crippen LogP contribution is -2.44. The third-order valence-corrected chi connectivity index (χ3v) is 5.51. The van der Waals surface area contributed by atoms with Gasteiger partial charge in [-0.2, -0.15) is 0 Å². The first-order chi connectivity index (χ1) is 14.2. The van der Waals surface area contributed by atoms with Crippen LogP contribution >= 0.6 is 24.0 Å². The number of nitrogens with one attached hydrogen (secondary N) is 2. The summed E-state index contributed by atoms with van der Waals surface area (Å²) in [5.41, 5.74) is 1.42. The van der Waals surface area contributed by atoms with Crippen LogP contribution in [0.25, 0.3) is 0 Å². The van der Waals surface area contributed by atoms with Crippen LogP contribution in [0.15, 0.2) is 64.5 Å². The van der Waals surface area contributed by atoms with E-state index in [0.717, 1.165) is 51.4 Å². The first kappa shape index (κ1) is 24.4. The average molecular weight is 523 g/mol. The predicted octanol–water partition coefficient (Wildman–Crippen LogP) is 3.07. The summed E-state index contributed by atoms with van der Waals surface area (Å²) in [6, 6.07) is 16.9. The summed E-state index contributed by atoms with van der Waals surface area (Å²) in [6.45, 7) is 5.91. The second kappa shape index (κ2) is 12.7. The molecule has 3 rings (SSSR count). The van der Waals surface area contributed by atoms with Crippen molar-refractivity contribution in [2.75, 3.05) is 20.1 Å². The summed E-state index contributed by atoms with van der Waals surface area (Å²) in [6.07, 6.45) is 4.91. The van der Waals surface area contributed by atoms with Gasteiger partial charge in [-0.15, -0.1) is 24.0 Å². The van der Waals surface area contributed by atoms with E-state index in [9.17, 15) is 4.79 Å². The molecular weight excluding hydrogens is 489 g/mol. The standard InChI is InChI=1S/C23H33N5O.HI/c1-19-16-21(18-28(19)17-20-10-4-3-5-11-20)26-23(24-2)25-13-7-9-15-27-14-8-6-12-22(27)29;/h3-6,8,10-12,14,19,21H,7,9,13,15-18H2,1-2H3,(H2,24,25,26);1H. The fourth-order valence-corrected chi connectivity index (χ4v) is 3.89. The van der Waals surface area contributed by atoms with E-state index in [4.69, 9.17) is 0 Å². The monoisotopic (exact) mass is 523 g/mol. The molecule has 0 spiro atoms. The summed E-state index contributed by atoms with van der Waals surface area (Å²) in [5.74, 6) is 0.862. The fourth-order valence-electron chi connectivity index (χ4n) is 3.89. The Labute approximate surface area is 196 Å². The molecule has 1 fully saturated rings. The number of aromatic nitrogens is 1. The van der Waals surface area contributed by atoms with Crippen molar-refractivity contribution >= 4 is 29.9 Å². The zero-order valence-electron chi connectivity index (χ0n) is 18.0. The molecule has 1 aromatic carbocycles. The minimum Gasteiger partial charge on any atom is -0.356 e. The fraction of sp³-hybridized carbons (Fsp3) is 0.478. The van der Waals surface area contributed by atoms with E-state index in [2.05, 4.69) is 57.8 Å². The molecule has 1 aromatic heterocycles. The lowest BCUT2D eigenvalue weighted by Gasteiger charge is -2.21. The highest BCUT2D eigenvalue weighted by Gasteiger charge is 2.29. The van der Waals surface area contributed by atoms with E-state index in [1.807, 2.05) is 19.3 Å². The highest BCUT2D eigenvalue weighted by atomic mass is 127. The minimum atomic E-state index is 0. The Kier molecular flexibility index (Phi) is 10.4. The number of unbranched alkanes of at least 4 members (excludes halogenated alkanes) is 1. The maximum Gasteiger partial charge on any atom is 0.250 e. The Morgan fingerprint density at radius 2 is 1.90 bits per heavy atom. The zero-order chi connectivity index (χ0) is 20.5. The van der Waals surface area contributed by atoms with Crippen molar-refractivity contribution in [2.24, 2.45) is 4.99 Å². The van der Waals surface area contributed by atoms with E-state index >= 15 is 0 Å². The van der Waals surface area contributed by atoms with Gasteiger partial charge in [-0.05, 0) is 37.8 Å². The van der Waals surface area contributed by atoms with Crippen molar-refractivity contribution < 1.29 is 0 Å². The van der Waals surface area contributed by atoms with Crippen LogP contribution in [0.1, 0.15) is 31.7 Å². The summed E-state index contributed by atoms with van der Waals surface area (Å²) in [4.78, 5) is 18.6. The molecule has 0 aliphatic carbocycles. The highest BCUT2D eigenvalue weighted by molar-refractivity contribution is 14.0. The molecule has 6 nitrogen and oxygen atoms in total. The number of guanidine groups is 1. The predicted molar refractivity (Wildman–Crippen MR) is 135 cm³/mol. The molecule has 1 saturated heterocycles. The lowest BCUT2D eigenvalue weighted by molar-refractivity contribution is 0.258. The van der Waals surface area contributed by atoms with Gasteiger partial charge in [0.2, 0.25) is 5.56 Å². The minimum absolute atomic E-state index is 0. The van der Waals surface area contributed by atoms with E-state index in [1.54, 1.807) is 16.7 Å². The molecule has 164 valence electrons. The van der Waals surface area contributed by atoms with Crippen molar-refractivity contribution in [3.05, 3.63) is 70.6 Å². The van der Waals surface area contributed by atoms with Crippen LogP contribution < -0.4 is 16.2 Å². The average Bonchev–Trinajstić information content (AvgIpc) is 3.07. The number of pyridine rings is 1. The number of aryl methyl sites for hydroxylation is 1. The lowest BCUT2D eigenvalue weighted by atomic mass is 10.2. The van der Waals surface area contributed by atoms with Gasteiger partial charge in [0.05, 0.1) is 0 Å². The van der Waals surface area contributed by atoms with Crippen LogP contribution in [-0.2, 0) is 13.1 Å². The van der Waals surface area contributed by atoms with Crippen LogP contribution in [0, 0.1) is 0 Å². The first-order valence-corrected chi connectivity index (χ1v) is 10.6. The van der Waals surface area contributed by atoms with Gasteiger partial charge in [0.25, 0.3) is 0 Å². The highest BCUT2D eigenvalue weighted by Crippen LogP contribution is 2.20. The smallest absolute Gasteiger partial charge is 0.250 e. The molecule has 2 N–H and O–H groups in total. The van der Waals surface area contributed by atoms with Crippen molar-refractivity contribution in [1.29, 1.82) is 0 Å². The van der Waals surface area contributed by atoms with Crippen LogP contribution in [0.2, 0.25) is 0 Å². The van der Waals surface area contributed by atoms with Gasteiger partial charge in [-0.25, -0.2) is 0 Å². The van der Waals surface area contributed by atoms with Crippen LogP contribution in [0.5, 0.6) is 0 Å². The van der Waals surface area contributed by atoms with Crippen molar-refractivity contribution in [3.63, 3.8) is 0 Å². The number of benzene rings is 1. The van der Waals surface area contributed by atoms with Gasteiger partial charge in [-0.1, -0.05) is 36.4 Å². The van der Waals surface area contributed by atoms with Gasteiger partial charge in [0.1, 0.15) is 0 Å². The molecule has 0 bridgehead atoms. The molecule has 1 aliphatic heterocycles. The Balaban J connectivity index is 0.00000320. The second-order valence-corrected chi connectivity index (χ2v) is 7.78. The topological polar surface area (TPSA) is 61.7 Å². The quantitative estimate of drug-likeness (QED) is 0.242. The maximum atomic E-state index is 11.7. The summed E-state index contributed by atoms with van der Waals surface area (Å²) in [5, 5.41) is 6.98. The Morgan fingerprint density at radius 1 is 1.13 bits per heavy atom. The molecule has 7 heteroatoms. The van der Waals surface area contributed by atoms with Crippen LogP contribution in [0.3, 0.4) is 0 Å². The summed E-state index contributed by atoms with van der Waals surface area (Å²) in [7, 11) is 1.82. The van der Waals surface area contributed by atoms with Gasteiger partial charge >= 0.3 is 0 Å². The summed E-state index contributed by atoms with van der Waals surface area (Å²) < 4.78 is 1.76. The van der Waals surface area contributed by atoms with Crippen molar-refractivity contribution in [3.8, 4) is 0 Å². The molecule has 2 aromatic rings. The molecule has 2 heterocycles. The van der Waals surface area contributed by atoms with Gasteiger partial charge in [0, 0.05) is 57.6 Å². The molecular formula is C23H34IN5O. The molecule has 0 radical (unpaired) electrons. The van der Waals surface area contributed by atoms with E-state index in [1.165, 1.54) is 5.56 Å². The van der Waals surface area contributed by atoms with Crippen LogP contribution in [0.4, 0.5) is 0 Å². The Morgan fingerprint density at radius 3 is 2.63 bits per heavy atom. The third-order valence-electron chi connectivity index (χ3n) is 5.51. The number of nitrogens with zero attached hydrogens (tertiary/aromatic N) is 3. The molecule has 0 amide bonds. The van der Waals surface area contributed by atoms with E-state index in [0.29, 0.717) is 12.1 Å². The third kappa shape index (κ3) is 7.43. The van der Waals surface area contributed by atoms with Gasteiger partial charge < -0.3 is 15.2 Å². The normalized spacial score (nSPS) is 19.3. The molecule has 30 heavy (non-hydrogen) atoms. The molecule has 1 aliphatic rings. The second-order valence-electron chi connectivity index (χ2n) is 7.78. The molecule has 2 unspecified atom stereocenters. The van der Waals surface area contributed by atoms with Crippen LogP contribution in [-0.4, -0.2) is 47.6 Å². The number of rotatable bonds is 8. The first-order valence-electron chi connectivity index (χ1n) is 10.6. The largest absolute Gasteiger partial charge is 0.356 e. The number of halogens is 1. The maximum absolute atomic E-state index is 11.7. The summed E-state index contributed by atoms with van der Waals surface area (Å²) >= 11 is 0. The number of hydrogen-bond acceptors (Lipinski definition) is 3. The van der Waals surface area contributed by atoms with Crippen molar-refractivity contribution in [2.45, 2.75) is 51.4 Å². The SMILES string of the molecule is CN=C(NCCCCn1ccccc1=O)NC1CC(C)N(Cc2ccccc2)C1.I. The number of hydrogen-bond donors (Lipinski definition) is 2.